The van der Waals surface area contributed by atoms with Crippen molar-refractivity contribution in [3.05, 3.63) is 121 Å². The Morgan fingerprint density at radius 2 is 1.14 bits per heavy atom. The molecule has 7 aromatic rings. The van der Waals surface area contributed by atoms with E-state index in [9.17, 15) is 0 Å². The highest BCUT2D eigenvalue weighted by atomic mass is 16.5. The van der Waals surface area contributed by atoms with Crippen molar-refractivity contribution in [3.8, 4) is 33.8 Å². The molecule has 0 spiro atoms. The summed E-state index contributed by atoms with van der Waals surface area (Å²) in [5.74, 6) is 1.84. The summed E-state index contributed by atoms with van der Waals surface area (Å²) >= 11 is 0. The summed E-state index contributed by atoms with van der Waals surface area (Å²) in [5, 5.41) is 9.99. The van der Waals surface area contributed by atoms with Crippen LogP contribution in [-0.4, -0.2) is 0 Å². The molecule has 1 aliphatic heterocycles. The molecule has 1 nitrogen and oxygen atoms in total. The fourth-order valence-corrected chi connectivity index (χ4v) is 5.87. The van der Waals surface area contributed by atoms with Crippen LogP contribution in [0.3, 0.4) is 0 Å². The minimum absolute atomic E-state index is 0.915. The van der Waals surface area contributed by atoms with Gasteiger partial charge in [-0.15, -0.1) is 0 Å². The second-order valence-corrected chi connectivity index (χ2v) is 9.33. The van der Waals surface area contributed by atoms with E-state index in [0.29, 0.717) is 0 Å². The summed E-state index contributed by atoms with van der Waals surface area (Å²) in [5.41, 5.74) is 4.83. The smallest absolute Gasteiger partial charge is 0.136 e. The van der Waals surface area contributed by atoms with Crippen LogP contribution in [-0.2, 0) is 0 Å². The predicted molar refractivity (Wildman–Crippen MR) is 147 cm³/mol. The number of hydrogen-bond acceptors (Lipinski definition) is 1. The van der Waals surface area contributed by atoms with Crippen LogP contribution in [0.1, 0.15) is 0 Å². The zero-order chi connectivity index (χ0) is 22.9. The van der Waals surface area contributed by atoms with Crippen molar-refractivity contribution < 1.29 is 4.74 Å². The normalized spacial score (nSPS) is 12.2. The van der Waals surface area contributed by atoms with E-state index >= 15 is 0 Å². The largest absolute Gasteiger partial charge is 0.456 e. The van der Waals surface area contributed by atoms with Gasteiger partial charge >= 0.3 is 0 Å². The van der Waals surface area contributed by atoms with E-state index in [1.54, 1.807) is 0 Å². The first-order chi connectivity index (χ1) is 17.3. The van der Waals surface area contributed by atoms with Gasteiger partial charge in [0.15, 0.2) is 0 Å². The van der Waals surface area contributed by atoms with Gasteiger partial charge in [-0.2, -0.15) is 0 Å². The van der Waals surface area contributed by atoms with Gasteiger partial charge in [-0.1, -0.05) is 97.1 Å². The van der Waals surface area contributed by atoms with Crippen LogP contribution in [0.2, 0.25) is 0 Å². The lowest BCUT2D eigenvalue weighted by Gasteiger charge is -2.23. The molecule has 0 aliphatic carbocycles. The van der Waals surface area contributed by atoms with Gasteiger partial charge in [0.05, 0.1) is 0 Å². The molecule has 7 aromatic carbocycles. The first-order valence-corrected chi connectivity index (χ1v) is 12.0. The Morgan fingerprint density at radius 3 is 2.09 bits per heavy atom. The summed E-state index contributed by atoms with van der Waals surface area (Å²) in [6.07, 6.45) is 0. The lowest BCUT2D eigenvalue weighted by atomic mass is 9.87. The maximum absolute atomic E-state index is 6.51. The van der Waals surface area contributed by atoms with Crippen molar-refractivity contribution in [2.75, 3.05) is 0 Å². The van der Waals surface area contributed by atoms with E-state index in [2.05, 4.69) is 115 Å². The molecule has 1 aliphatic rings. The molecule has 8 rings (SSSR count). The minimum Gasteiger partial charge on any atom is -0.456 e. The van der Waals surface area contributed by atoms with Gasteiger partial charge in [0.1, 0.15) is 11.5 Å². The molecule has 0 fully saturated rings. The van der Waals surface area contributed by atoms with E-state index < -0.39 is 0 Å². The van der Waals surface area contributed by atoms with Crippen LogP contribution >= 0.6 is 0 Å². The number of hydrogen-bond donors (Lipinski definition) is 0. The number of benzene rings is 7. The van der Waals surface area contributed by atoms with Gasteiger partial charge in [0.25, 0.3) is 0 Å². The third kappa shape index (κ3) is 2.64. The van der Waals surface area contributed by atoms with Crippen LogP contribution in [0, 0.1) is 0 Å². The molecule has 1 heteroatoms. The summed E-state index contributed by atoms with van der Waals surface area (Å²) in [6.45, 7) is 0. The second kappa shape index (κ2) is 6.94. The second-order valence-electron chi connectivity index (χ2n) is 9.33. The van der Waals surface area contributed by atoms with E-state index in [1.807, 2.05) is 6.07 Å². The Hall–Kier alpha value is -4.62. The predicted octanol–water partition coefficient (Wildman–Crippen LogP) is 9.74. The Labute approximate surface area is 202 Å². The van der Waals surface area contributed by atoms with Crippen molar-refractivity contribution in [1.82, 2.24) is 0 Å². The van der Waals surface area contributed by atoms with Crippen LogP contribution in [0.4, 0.5) is 0 Å². The molecule has 0 atom stereocenters. The number of ether oxygens (including phenoxy) is 1. The molecule has 1 heterocycles. The summed E-state index contributed by atoms with van der Waals surface area (Å²) in [6, 6.07) is 43.7. The summed E-state index contributed by atoms with van der Waals surface area (Å²) in [7, 11) is 0. The van der Waals surface area contributed by atoms with Crippen LogP contribution in [0.5, 0.6) is 11.5 Å². The molecular formula is C34H20O. The molecule has 0 amide bonds. The summed E-state index contributed by atoms with van der Waals surface area (Å²) in [4.78, 5) is 0. The molecule has 0 bridgehead atoms. The topological polar surface area (TPSA) is 9.23 Å². The Bertz CT molecular complexity index is 1980. The lowest BCUT2D eigenvalue weighted by molar-refractivity contribution is 0.487. The van der Waals surface area contributed by atoms with Crippen molar-refractivity contribution in [2.24, 2.45) is 0 Å². The van der Waals surface area contributed by atoms with Gasteiger partial charge in [-0.25, -0.2) is 0 Å². The number of para-hydroxylation sites is 1. The number of fused-ring (bicyclic) bond motifs is 6. The van der Waals surface area contributed by atoms with Crippen molar-refractivity contribution in [2.45, 2.75) is 0 Å². The SMILES string of the molecule is c1ccc2c(c1)Oc1cc(-c3c4ccccc4cc4c3ccc3ccccc34)cc3cccc-2c13. The molecule has 0 N–H and O–H groups in total. The third-order valence-electron chi connectivity index (χ3n) is 7.40. The molecule has 162 valence electrons. The zero-order valence-electron chi connectivity index (χ0n) is 19.0. The maximum Gasteiger partial charge on any atom is 0.136 e. The van der Waals surface area contributed by atoms with Crippen molar-refractivity contribution in [3.63, 3.8) is 0 Å². The molecular weight excluding hydrogens is 424 g/mol. The minimum atomic E-state index is 0.915. The Kier molecular flexibility index (Phi) is 3.72. The highest BCUT2D eigenvalue weighted by Gasteiger charge is 2.21. The van der Waals surface area contributed by atoms with Gasteiger partial charge in [-0.3, -0.25) is 0 Å². The monoisotopic (exact) mass is 444 g/mol. The van der Waals surface area contributed by atoms with E-state index in [4.69, 9.17) is 4.74 Å². The van der Waals surface area contributed by atoms with Crippen LogP contribution in [0.15, 0.2) is 121 Å². The van der Waals surface area contributed by atoms with E-state index in [1.165, 1.54) is 59.8 Å². The molecule has 0 aromatic heterocycles. The number of rotatable bonds is 1. The average Bonchev–Trinajstić information content (AvgIpc) is 2.91. The van der Waals surface area contributed by atoms with Crippen LogP contribution < -0.4 is 4.74 Å². The first kappa shape index (κ1) is 18.8. The van der Waals surface area contributed by atoms with Crippen molar-refractivity contribution in [1.29, 1.82) is 0 Å². The van der Waals surface area contributed by atoms with Crippen LogP contribution in [0.25, 0.3) is 65.3 Å². The highest BCUT2D eigenvalue weighted by Crippen LogP contribution is 2.49. The fourth-order valence-electron chi connectivity index (χ4n) is 5.87. The molecule has 0 saturated heterocycles. The first-order valence-electron chi connectivity index (χ1n) is 12.0. The van der Waals surface area contributed by atoms with E-state index in [-0.39, 0.29) is 0 Å². The van der Waals surface area contributed by atoms with Gasteiger partial charge in [0.2, 0.25) is 0 Å². The van der Waals surface area contributed by atoms with Gasteiger partial charge < -0.3 is 4.74 Å². The van der Waals surface area contributed by atoms with Crippen molar-refractivity contribution >= 4 is 43.1 Å². The standard InChI is InChI=1S/C34H20O/c1-3-11-25-21(8-1)16-17-29-30(25)19-22-9-2-4-12-26(22)33(29)24-18-23-10-7-14-28-27-13-5-6-15-31(27)35-32(20-24)34(23)28/h1-20H. The molecule has 0 unspecified atom stereocenters. The Balaban J connectivity index is 1.51. The fraction of sp³-hybridized carbons (Fsp3) is 0. The maximum atomic E-state index is 6.51. The van der Waals surface area contributed by atoms with Gasteiger partial charge in [-0.05, 0) is 78.7 Å². The third-order valence-corrected chi connectivity index (χ3v) is 7.40. The Morgan fingerprint density at radius 1 is 0.400 bits per heavy atom. The summed E-state index contributed by atoms with van der Waals surface area (Å²) < 4.78 is 6.51. The average molecular weight is 445 g/mol. The lowest BCUT2D eigenvalue weighted by Crippen LogP contribution is -1.97. The molecule has 0 saturated carbocycles. The highest BCUT2D eigenvalue weighted by molar-refractivity contribution is 6.21. The molecule has 35 heavy (non-hydrogen) atoms. The zero-order valence-corrected chi connectivity index (χ0v) is 19.0. The van der Waals surface area contributed by atoms with E-state index in [0.717, 1.165) is 17.1 Å². The molecule has 0 radical (unpaired) electrons. The van der Waals surface area contributed by atoms with Gasteiger partial charge in [0, 0.05) is 10.9 Å². The quantitative estimate of drug-likeness (QED) is 0.181.